The molecular weight excluding hydrogens is 245 g/mol. The second kappa shape index (κ2) is 5.88. The Morgan fingerprint density at radius 2 is 2.32 bits per heavy atom. The zero-order valence-electron chi connectivity index (χ0n) is 11.8. The van der Waals surface area contributed by atoms with Crippen LogP contribution in [0.2, 0.25) is 0 Å². The van der Waals surface area contributed by atoms with E-state index >= 15 is 0 Å². The Labute approximate surface area is 114 Å². The van der Waals surface area contributed by atoms with E-state index in [2.05, 4.69) is 12.2 Å². The van der Waals surface area contributed by atoms with E-state index in [1.54, 1.807) is 6.07 Å². The van der Waals surface area contributed by atoms with Gasteiger partial charge in [0.2, 0.25) is 0 Å². The van der Waals surface area contributed by atoms with Crippen molar-refractivity contribution in [2.45, 2.75) is 38.3 Å². The highest BCUT2D eigenvalue weighted by atomic mass is 19.1. The van der Waals surface area contributed by atoms with Crippen molar-refractivity contribution in [2.75, 3.05) is 20.3 Å². The fourth-order valence-corrected chi connectivity index (χ4v) is 2.42. The van der Waals surface area contributed by atoms with Crippen molar-refractivity contribution < 1.29 is 13.9 Å². The summed E-state index contributed by atoms with van der Waals surface area (Å²) in [5.41, 5.74) is 0.833. The van der Waals surface area contributed by atoms with Crippen LogP contribution in [0.5, 0.6) is 5.75 Å². The molecule has 2 rings (SSSR count). The summed E-state index contributed by atoms with van der Waals surface area (Å²) in [6.45, 7) is 5.76. The first-order chi connectivity index (χ1) is 9.04. The summed E-state index contributed by atoms with van der Waals surface area (Å²) in [7, 11) is 1.47. The summed E-state index contributed by atoms with van der Waals surface area (Å²) < 4.78 is 24.3. The van der Waals surface area contributed by atoms with Crippen molar-refractivity contribution in [1.29, 1.82) is 0 Å². The average Bonchev–Trinajstić information content (AvgIpc) is 2.83. The van der Waals surface area contributed by atoms with Gasteiger partial charge in [0.15, 0.2) is 11.6 Å². The standard InChI is InChI=1S/C15H22FNO2/c1-11(17-10-15(2)7-4-8-19-15)12-5-6-14(18-3)13(16)9-12/h5-6,9,11,17H,4,7-8,10H2,1-3H3. The first-order valence-electron chi connectivity index (χ1n) is 6.75. The van der Waals surface area contributed by atoms with Gasteiger partial charge in [-0.1, -0.05) is 6.07 Å². The van der Waals surface area contributed by atoms with Crippen LogP contribution in [-0.2, 0) is 4.74 Å². The third-order valence-corrected chi connectivity index (χ3v) is 3.76. The highest BCUT2D eigenvalue weighted by Crippen LogP contribution is 2.26. The van der Waals surface area contributed by atoms with Gasteiger partial charge in [0.1, 0.15) is 0 Å². The van der Waals surface area contributed by atoms with Crippen LogP contribution >= 0.6 is 0 Å². The van der Waals surface area contributed by atoms with Crippen molar-refractivity contribution in [3.05, 3.63) is 29.6 Å². The van der Waals surface area contributed by atoms with E-state index < -0.39 is 0 Å². The smallest absolute Gasteiger partial charge is 0.165 e. The van der Waals surface area contributed by atoms with Crippen molar-refractivity contribution in [3.63, 3.8) is 0 Å². The largest absolute Gasteiger partial charge is 0.494 e. The van der Waals surface area contributed by atoms with Crippen molar-refractivity contribution >= 4 is 0 Å². The Bertz CT molecular complexity index is 430. The number of ether oxygens (including phenoxy) is 2. The quantitative estimate of drug-likeness (QED) is 0.889. The Balaban J connectivity index is 1.95. The molecule has 2 unspecified atom stereocenters. The molecule has 1 aliphatic rings. The molecule has 1 fully saturated rings. The number of rotatable bonds is 5. The molecule has 1 heterocycles. The van der Waals surface area contributed by atoms with Crippen molar-refractivity contribution in [3.8, 4) is 5.75 Å². The predicted octanol–water partition coefficient (Wildman–Crippen LogP) is 3.05. The van der Waals surface area contributed by atoms with Crippen LogP contribution in [0.1, 0.15) is 38.3 Å². The number of hydrogen-bond donors (Lipinski definition) is 1. The molecule has 0 aliphatic carbocycles. The average molecular weight is 267 g/mol. The highest BCUT2D eigenvalue weighted by Gasteiger charge is 2.29. The fourth-order valence-electron chi connectivity index (χ4n) is 2.42. The van der Waals surface area contributed by atoms with E-state index in [-0.39, 0.29) is 23.2 Å². The summed E-state index contributed by atoms with van der Waals surface area (Å²) in [5, 5.41) is 3.41. The predicted molar refractivity (Wildman–Crippen MR) is 73.0 cm³/mol. The minimum Gasteiger partial charge on any atom is -0.494 e. The van der Waals surface area contributed by atoms with Gasteiger partial charge in [-0.15, -0.1) is 0 Å². The Morgan fingerprint density at radius 3 is 2.89 bits per heavy atom. The maximum Gasteiger partial charge on any atom is 0.165 e. The summed E-state index contributed by atoms with van der Waals surface area (Å²) in [4.78, 5) is 0. The highest BCUT2D eigenvalue weighted by molar-refractivity contribution is 5.30. The van der Waals surface area contributed by atoms with Crippen molar-refractivity contribution in [2.24, 2.45) is 0 Å². The summed E-state index contributed by atoms with van der Waals surface area (Å²) in [6, 6.07) is 5.16. The van der Waals surface area contributed by atoms with Crippen LogP contribution in [0.25, 0.3) is 0 Å². The normalized spacial score (nSPS) is 24.4. The Kier molecular flexibility index (Phi) is 4.42. The second-order valence-electron chi connectivity index (χ2n) is 5.40. The van der Waals surface area contributed by atoms with E-state index in [0.29, 0.717) is 0 Å². The molecule has 0 saturated carbocycles. The van der Waals surface area contributed by atoms with Crippen LogP contribution in [0.3, 0.4) is 0 Å². The van der Waals surface area contributed by atoms with Gasteiger partial charge in [0.05, 0.1) is 12.7 Å². The van der Waals surface area contributed by atoms with Gasteiger partial charge in [-0.05, 0) is 44.4 Å². The zero-order valence-corrected chi connectivity index (χ0v) is 11.8. The fraction of sp³-hybridized carbons (Fsp3) is 0.600. The maximum absolute atomic E-state index is 13.6. The van der Waals surface area contributed by atoms with Crippen LogP contribution in [0.15, 0.2) is 18.2 Å². The summed E-state index contributed by atoms with van der Waals surface area (Å²) >= 11 is 0. The lowest BCUT2D eigenvalue weighted by molar-refractivity contribution is 0.0191. The monoisotopic (exact) mass is 267 g/mol. The molecule has 1 aliphatic heterocycles. The second-order valence-corrected chi connectivity index (χ2v) is 5.40. The number of methoxy groups -OCH3 is 1. The Hall–Kier alpha value is -1.13. The van der Waals surface area contributed by atoms with Crippen molar-refractivity contribution in [1.82, 2.24) is 5.32 Å². The molecule has 1 aromatic rings. The number of benzene rings is 1. The zero-order chi connectivity index (χ0) is 13.9. The van der Waals surface area contributed by atoms with Crippen LogP contribution in [0.4, 0.5) is 4.39 Å². The molecule has 0 spiro atoms. The minimum absolute atomic E-state index is 0.0841. The minimum atomic E-state index is -0.322. The molecule has 1 aromatic carbocycles. The lowest BCUT2D eigenvalue weighted by Crippen LogP contribution is -2.38. The van der Waals surface area contributed by atoms with E-state index in [1.165, 1.54) is 13.2 Å². The molecule has 4 heteroatoms. The van der Waals surface area contributed by atoms with Gasteiger partial charge in [-0.3, -0.25) is 0 Å². The first-order valence-corrected chi connectivity index (χ1v) is 6.75. The van der Waals surface area contributed by atoms with Crippen LogP contribution in [0, 0.1) is 5.82 Å². The SMILES string of the molecule is COc1ccc(C(C)NCC2(C)CCCO2)cc1F. The van der Waals surface area contributed by atoms with Crippen LogP contribution in [-0.4, -0.2) is 25.9 Å². The van der Waals surface area contributed by atoms with E-state index in [0.717, 1.165) is 31.6 Å². The molecule has 2 atom stereocenters. The lowest BCUT2D eigenvalue weighted by atomic mass is 10.0. The third kappa shape index (κ3) is 3.45. The molecule has 0 amide bonds. The van der Waals surface area contributed by atoms with E-state index in [9.17, 15) is 4.39 Å². The molecule has 1 N–H and O–H groups in total. The topological polar surface area (TPSA) is 30.5 Å². The van der Waals surface area contributed by atoms with Gasteiger partial charge < -0.3 is 14.8 Å². The lowest BCUT2D eigenvalue weighted by Gasteiger charge is -2.26. The number of nitrogens with one attached hydrogen (secondary N) is 1. The summed E-state index contributed by atoms with van der Waals surface area (Å²) in [6.07, 6.45) is 2.19. The Morgan fingerprint density at radius 1 is 1.53 bits per heavy atom. The molecular formula is C15H22FNO2. The van der Waals surface area contributed by atoms with Crippen LogP contribution < -0.4 is 10.1 Å². The molecule has 106 valence electrons. The van der Waals surface area contributed by atoms with Gasteiger partial charge in [0, 0.05) is 19.2 Å². The van der Waals surface area contributed by atoms with Gasteiger partial charge >= 0.3 is 0 Å². The molecule has 0 bridgehead atoms. The summed E-state index contributed by atoms with van der Waals surface area (Å²) in [5.74, 6) is -0.0426. The third-order valence-electron chi connectivity index (χ3n) is 3.76. The molecule has 3 nitrogen and oxygen atoms in total. The van der Waals surface area contributed by atoms with Gasteiger partial charge in [-0.2, -0.15) is 0 Å². The molecule has 1 saturated heterocycles. The van der Waals surface area contributed by atoms with Gasteiger partial charge in [-0.25, -0.2) is 4.39 Å². The first kappa shape index (κ1) is 14.3. The van der Waals surface area contributed by atoms with Gasteiger partial charge in [0.25, 0.3) is 0 Å². The number of halogens is 1. The molecule has 0 radical (unpaired) electrons. The van der Waals surface area contributed by atoms with E-state index in [1.807, 2.05) is 13.0 Å². The van der Waals surface area contributed by atoms with E-state index in [4.69, 9.17) is 9.47 Å². The molecule has 0 aromatic heterocycles. The number of hydrogen-bond acceptors (Lipinski definition) is 3. The maximum atomic E-state index is 13.6. The molecule has 19 heavy (non-hydrogen) atoms.